The van der Waals surface area contributed by atoms with Gasteiger partial charge in [0.25, 0.3) is 5.91 Å². The Kier molecular flexibility index (Phi) is 6.37. The fourth-order valence-corrected chi connectivity index (χ4v) is 4.96. The molecule has 2 aromatic carbocycles. The van der Waals surface area contributed by atoms with E-state index < -0.39 is 29.6 Å². The number of hydrogen-bond donors (Lipinski definition) is 1. The van der Waals surface area contributed by atoms with Gasteiger partial charge in [0.2, 0.25) is 0 Å². The number of aliphatic carboxylic acids is 1. The highest BCUT2D eigenvalue weighted by molar-refractivity contribution is 6.31. The first-order chi connectivity index (χ1) is 15.9. The molecule has 1 heterocycles. The van der Waals surface area contributed by atoms with E-state index in [9.17, 15) is 20.0 Å². The number of carboxylic acid groups (broad SMARTS) is 1. The van der Waals surface area contributed by atoms with Gasteiger partial charge in [-0.2, -0.15) is 5.26 Å². The summed E-state index contributed by atoms with van der Waals surface area (Å²) >= 11 is 6.40. The Morgan fingerprint density at radius 1 is 1.15 bits per heavy atom. The normalized spacial score (nSPS) is 26.5. The van der Waals surface area contributed by atoms with Crippen LogP contribution < -0.4 is 0 Å². The number of rotatable bonds is 5. The number of benzene rings is 2. The van der Waals surface area contributed by atoms with Gasteiger partial charge >= 0.3 is 5.97 Å². The lowest BCUT2D eigenvalue weighted by atomic mass is 9.81. The molecule has 0 radical (unpaired) electrons. The Morgan fingerprint density at radius 3 is 2.48 bits per heavy atom. The molecule has 33 heavy (non-hydrogen) atoms. The second-order valence-corrected chi connectivity index (χ2v) is 8.54. The predicted molar refractivity (Wildman–Crippen MR) is 123 cm³/mol. The van der Waals surface area contributed by atoms with Crippen molar-refractivity contribution in [2.75, 3.05) is 7.11 Å². The molecule has 168 valence electrons. The Morgan fingerprint density at radius 2 is 1.85 bits per heavy atom. The fraction of sp³-hybridized carbons (Fsp3) is 0.269. The zero-order valence-electron chi connectivity index (χ0n) is 18.0. The minimum atomic E-state index is -1.59. The molecule has 2 aliphatic rings. The quantitative estimate of drug-likeness (QED) is 0.653. The van der Waals surface area contributed by atoms with Crippen molar-refractivity contribution in [2.24, 2.45) is 0 Å². The lowest BCUT2D eigenvalue weighted by molar-refractivity contribution is -0.157. The minimum absolute atomic E-state index is 0.294. The first-order valence-electron chi connectivity index (χ1n) is 10.6. The number of nitriles is 1. The van der Waals surface area contributed by atoms with E-state index in [4.69, 9.17) is 16.3 Å². The van der Waals surface area contributed by atoms with Crippen LogP contribution in [-0.2, 0) is 14.3 Å². The van der Waals surface area contributed by atoms with Gasteiger partial charge in [-0.15, -0.1) is 0 Å². The molecule has 2 unspecified atom stereocenters. The zero-order valence-corrected chi connectivity index (χ0v) is 18.8. The van der Waals surface area contributed by atoms with Gasteiger partial charge in [0.05, 0.1) is 12.1 Å². The summed E-state index contributed by atoms with van der Waals surface area (Å²) in [4.78, 5) is 27.4. The topological polar surface area (TPSA) is 90.6 Å². The van der Waals surface area contributed by atoms with Crippen LogP contribution in [0, 0.1) is 11.3 Å². The highest BCUT2D eigenvalue weighted by Gasteiger charge is 2.50. The van der Waals surface area contributed by atoms with Crippen molar-refractivity contribution >= 4 is 23.5 Å². The molecule has 1 saturated heterocycles. The number of hydrogen-bond acceptors (Lipinski definition) is 4. The smallest absolute Gasteiger partial charge is 0.326 e. The maximum atomic E-state index is 14.0. The first kappa shape index (κ1) is 22.8. The minimum Gasteiger partial charge on any atom is -0.480 e. The number of allylic oxidation sites excluding steroid dienone is 2. The number of methoxy groups -OCH3 is 1. The summed E-state index contributed by atoms with van der Waals surface area (Å²) in [5.41, 5.74) is 0.374. The van der Waals surface area contributed by atoms with E-state index in [2.05, 4.69) is 6.07 Å². The zero-order chi connectivity index (χ0) is 23.6. The van der Waals surface area contributed by atoms with Crippen LogP contribution in [0.15, 0.2) is 78.4 Å². The molecular formula is C26H23ClN2O4. The molecule has 1 aliphatic carbocycles. The van der Waals surface area contributed by atoms with Crippen LogP contribution in [-0.4, -0.2) is 40.6 Å². The Balaban J connectivity index is 1.76. The van der Waals surface area contributed by atoms with E-state index in [1.807, 2.05) is 36.4 Å². The lowest BCUT2D eigenvalue weighted by Gasteiger charge is -2.38. The molecule has 1 fully saturated rings. The summed E-state index contributed by atoms with van der Waals surface area (Å²) in [6.45, 7) is 0. The molecule has 6 nitrogen and oxygen atoms in total. The van der Waals surface area contributed by atoms with E-state index >= 15 is 0 Å². The first-order valence-corrected chi connectivity index (χ1v) is 11.0. The number of ether oxygens (including phenoxy) is 1. The van der Waals surface area contributed by atoms with Gasteiger partial charge in [-0.3, -0.25) is 4.79 Å². The fourth-order valence-electron chi connectivity index (χ4n) is 4.70. The van der Waals surface area contributed by atoms with E-state index in [0.717, 1.165) is 5.56 Å². The second kappa shape index (κ2) is 9.22. The van der Waals surface area contributed by atoms with Crippen LogP contribution in [0.4, 0.5) is 0 Å². The van der Waals surface area contributed by atoms with Crippen molar-refractivity contribution in [1.82, 2.24) is 4.90 Å². The third-order valence-electron chi connectivity index (χ3n) is 6.37. The van der Waals surface area contributed by atoms with Crippen LogP contribution in [0.1, 0.15) is 35.9 Å². The van der Waals surface area contributed by atoms with Crippen molar-refractivity contribution in [1.29, 1.82) is 5.26 Å². The molecule has 1 N–H and O–H groups in total. The maximum Gasteiger partial charge on any atom is 0.326 e. The van der Waals surface area contributed by atoms with E-state index in [1.165, 1.54) is 18.1 Å². The molecule has 0 bridgehead atoms. The molecular weight excluding hydrogens is 440 g/mol. The summed E-state index contributed by atoms with van der Waals surface area (Å²) in [5, 5.41) is 20.2. The summed E-state index contributed by atoms with van der Waals surface area (Å²) in [7, 11) is 1.38. The molecule has 1 aliphatic heterocycles. The number of halogens is 1. The van der Waals surface area contributed by atoms with Crippen molar-refractivity contribution < 1.29 is 19.4 Å². The molecule has 4 atom stereocenters. The van der Waals surface area contributed by atoms with Crippen LogP contribution >= 0.6 is 11.6 Å². The van der Waals surface area contributed by atoms with Gasteiger partial charge < -0.3 is 14.7 Å². The van der Waals surface area contributed by atoms with Crippen molar-refractivity contribution in [3.63, 3.8) is 0 Å². The largest absolute Gasteiger partial charge is 0.480 e. The van der Waals surface area contributed by atoms with E-state index in [1.54, 1.807) is 30.4 Å². The van der Waals surface area contributed by atoms with Gasteiger partial charge in [-0.25, -0.2) is 4.79 Å². The predicted octanol–water partition coefficient (Wildman–Crippen LogP) is 4.65. The summed E-state index contributed by atoms with van der Waals surface area (Å²) in [5.74, 6) is -1.94. The number of carbonyl (C=O) groups is 2. The number of carbonyl (C=O) groups excluding carboxylic acids is 1. The summed E-state index contributed by atoms with van der Waals surface area (Å²) in [6, 6.07) is 17.3. The van der Waals surface area contributed by atoms with Gasteiger partial charge in [0.1, 0.15) is 6.04 Å². The van der Waals surface area contributed by atoms with Gasteiger partial charge in [0, 0.05) is 23.6 Å². The van der Waals surface area contributed by atoms with Gasteiger partial charge in [0.15, 0.2) is 5.60 Å². The molecule has 0 spiro atoms. The number of nitrogens with zero attached hydrogens (tertiary/aromatic N) is 2. The standard InChI is InChI=1S/C26H23ClN2O4/c1-33-26(14-13-19(18(15-26)16-28)17-7-3-2-4-8-17)25(32)29-22(11-12-23(29)24(30)31)20-9-5-6-10-21(20)27/h2-10,13-15,19,22-23H,11-12H2,1H3,(H,30,31)/t19?,22-,23+,26?/m1/s1. The lowest BCUT2D eigenvalue weighted by Crippen LogP contribution is -2.53. The Hall–Kier alpha value is -3.40. The number of carboxylic acids is 1. The molecule has 2 aromatic rings. The highest BCUT2D eigenvalue weighted by atomic mass is 35.5. The average Bonchev–Trinajstić information content (AvgIpc) is 3.29. The summed E-state index contributed by atoms with van der Waals surface area (Å²) < 4.78 is 5.68. The Labute approximate surface area is 197 Å². The SMILES string of the molecule is COC1(C(=O)N2[C@@H](c3ccccc3Cl)CC[C@H]2C(=O)O)C=CC(c2ccccc2)C(C#N)=C1. The van der Waals surface area contributed by atoms with Gasteiger partial charge in [-0.05, 0) is 42.2 Å². The third kappa shape index (κ3) is 4.06. The molecule has 0 saturated carbocycles. The molecule has 4 rings (SSSR count). The number of likely N-dealkylation sites (tertiary alicyclic amines) is 1. The van der Waals surface area contributed by atoms with Crippen molar-refractivity contribution in [3.8, 4) is 6.07 Å². The molecule has 0 aromatic heterocycles. The number of amides is 1. The van der Waals surface area contributed by atoms with E-state index in [0.29, 0.717) is 29.0 Å². The van der Waals surface area contributed by atoms with E-state index in [-0.39, 0.29) is 5.92 Å². The van der Waals surface area contributed by atoms with Crippen molar-refractivity contribution in [3.05, 3.63) is 94.5 Å². The summed E-state index contributed by atoms with van der Waals surface area (Å²) in [6.07, 6.45) is 5.65. The highest BCUT2D eigenvalue weighted by Crippen LogP contribution is 2.43. The van der Waals surface area contributed by atoms with Crippen molar-refractivity contribution in [2.45, 2.75) is 36.4 Å². The average molecular weight is 463 g/mol. The molecule has 7 heteroatoms. The second-order valence-electron chi connectivity index (χ2n) is 8.14. The molecule has 1 amide bonds. The maximum absolute atomic E-state index is 14.0. The van der Waals surface area contributed by atoms with Crippen LogP contribution in [0.3, 0.4) is 0 Å². The van der Waals surface area contributed by atoms with Gasteiger partial charge in [-0.1, -0.05) is 66.2 Å². The van der Waals surface area contributed by atoms with Crippen LogP contribution in [0.25, 0.3) is 0 Å². The third-order valence-corrected chi connectivity index (χ3v) is 6.71. The van der Waals surface area contributed by atoms with Crippen LogP contribution in [0.5, 0.6) is 0 Å². The van der Waals surface area contributed by atoms with Crippen LogP contribution in [0.2, 0.25) is 5.02 Å². The Bertz CT molecular complexity index is 1170. The monoisotopic (exact) mass is 462 g/mol.